The van der Waals surface area contributed by atoms with Crippen molar-refractivity contribution in [3.8, 4) is 5.75 Å². The zero-order chi connectivity index (χ0) is 16.9. The molecule has 0 radical (unpaired) electrons. The van der Waals surface area contributed by atoms with Crippen LogP contribution in [0.1, 0.15) is 72.1 Å². The SMILES string of the molecule is CCCCCCC(CCCC)COc1ccc(NC(C)=O)cc1. The van der Waals surface area contributed by atoms with Gasteiger partial charge in [0.25, 0.3) is 0 Å². The standard InChI is InChI=1S/C20H33NO2/c1-4-6-8-9-11-18(10-7-5-2)16-23-20-14-12-19(13-15-20)21-17(3)22/h12-15,18H,4-11,16H2,1-3H3,(H,21,22). The van der Waals surface area contributed by atoms with Crippen molar-refractivity contribution < 1.29 is 9.53 Å². The van der Waals surface area contributed by atoms with Crippen LogP contribution in [-0.4, -0.2) is 12.5 Å². The Morgan fingerprint density at radius 3 is 2.26 bits per heavy atom. The molecule has 3 heteroatoms. The summed E-state index contributed by atoms with van der Waals surface area (Å²) >= 11 is 0. The van der Waals surface area contributed by atoms with E-state index in [2.05, 4.69) is 19.2 Å². The largest absolute Gasteiger partial charge is 0.493 e. The number of anilines is 1. The van der Waals surface area contributed by atoms with E-state index in [0.717, 1.165) is 18.0 Å². The van der Waals surface area contributed by atoms with Gasteiger partial charge >= 0.3 is 0 Å². The smallest absolute Gasteiger partial charge is 0.221 e. The third kappa shape index (κ3) is 9.27. The molecule has 1 N–H and O–H groups in total. The van der Waals surface area contributed by atoms with E-state index in [9.17, 15) is 4.79 Å². The number of hydrogen-bond acceptors (Lipinski definition) is 2. The third-order valence-electron chi connectivity index (χ3n) is 4.09. The molecule has 1 aromatic carbocycles. The zero-order valence-electron chi connectivity index (χ0n) is 15.1. The molecule has 1 aromatic rings. The minimum atomic E-state index is -0.0506. The Hall–Kier alpha value is -1.51. The van der Waals surface area contributed by atoms with E-state index in [1.165, 1.54) is 58.3 Å². The summed E-state index contributed by atoms with van der Waals surface area (Å²) in [5.41, 5.74) is 0.812. The molecule has 0 fully saturated rings. The summed E-state index contributed by atoms with van der Waals surface area (Å²) in [6, 6.07) is 7.64. The van der Waals surface area contributed by atoms with Gasteiger partial charge in [0.15, 0.2) is 0 Å². The summed E-state index contributed by atoms with van der Waals surface area (Å²) in [6.07, 6.45) is 10.3. The number of benzene rings is 1. The first kappa shape index (κ1) is 19.5. The van der Waals surface area contributed by atoms with Crippen molar-refractivity contribution in [3.63, 3.8) is 0 Å². The highest BCUT2D eigenvalue weighted by atomic mass is 16.5. The third-order valence-corrected chi connectivity index (χ3v) is 4.09. The van der Waals surface area contributed by atoms with Gasteiger partial charge in [0.2, 0.25) is 5.91 Å². The van der Waals surface area contributed by atoms with Gasteiger partial charge < -0.3 is 10.1 Å². The van der Waals surface area contributed by atoms with Crippen molar-refractivity contribution in [2.75, 3.05) is 11.9 Å². The lowest BCUT2D eigenvalue weighted by Gasteiger charge is -2.17. The van der Waals surface area contributed by atoms with Crippen molar-refractivity contribution in [1.82, 2.24) is 0 Å². The quantitative estimate of drug-likeness (QED) is 0.494. The van der Waals surface area contributed by atoms with E-state index in [4.69, 9.17) is 4.74 Å². The number of rotatable bonds is 12. The van der Waals surface area contributed by atoms with Crippen LogP contribution in [0.4, 0.5) is 5.69 Å². The molecule has 130 valence electrons. The lowest BCUT2D eigenvalue weighted by molar-refractivity contribution is -0.114. The number of nitrogens with one attached hydrogen (secondary N) is 1. The van der Waals surface area contributed by atoms with E-state index in [-0.39, 0.29) is 5.91 Å². The van der Waals surface area contributed by atoms with Crippen molar-refractivity contribution >= 4 is 11.6 Å². The Bertz CT molecular complexity index is 428. The molecule has 0 heterocycles. The normalized spacial score (nSPS) is 12.0. The Morgan fingerprint density at radius 1 is 1.00 bits per heavy atom. The Morgan fingerprint density at radius 2 is 1.65 bits per heavy atom. The number of hydrogen-bond donors (Lipinski definition) is 1. The second kappa shape index (κ2) is 12.0. The highest BCUT2D eigenvalue weighted by Crippen LogP contribution is 2.21. The van der Waals surface area contributed by atoms with E-state index in [0.29, 0.717) is 5.92 Å². The van der Waals surface area contributed by atoms with Gasteiger partial charge in [-0.05, 0) is 43.0 Å². The van der Waals surface area contributed by atoms with E-state index < -0.39 is 0 Å². The van der Waals surface area contributed by atoms with Crippen LogP contribution in [-0.2, 0) is 4.79 Å². The van der Waals surface area contributed by atoms with E-state index in [1.54, 1.807) is 0 Å². The number of unbranched alkanes of at least 4 members (excludes halogenated alkanes) is 4. The molecule has 0 aliphatic heterocycles. The van der Waals surface area contributed by atoms with Crippen molar-refractivity contribution in [3.05, 3.63) is 24.3 Å². The lowest BCUT2D eigenvalue weighted by Crippen LogP contribution is -2.12. The topological polar surface area (TPSA) is 38.3 Å². The molecular weight excluding hydrogens is 286 g/mol. The fourth-order valence-electron chi connectivity index (χ4n) is 2.72. The molecule has 3 nitrogen and oxygen atoms in total. The second-order valence-corrected chi connectivity index (χ2v) is 6.37. The van der Waals surface area contributed by atoms with E-state index in [1.807, 2.05) is 24.3 Å². The molecule has 23 heavy (non-hydrogen) atoms. The van der Waals surface area contributed by atoms with Crippen LogP contribution in [0.2, 0.25) is 0 Å². The van der Waals surface area contributed by atoms with Gasteiger partial charge in [0.1, 0.15) is 5.75 Å². The number of carbonyl (C=O) groups is 1. The summed E-state index contributed by atoms with van der Waals surface area (Å²) in [6.45, 7) is 6.81. The summed E-state index contributed by atoms with van der Waals surface area (Å²) in [4.78, 5) is 11.0. The predicted octanol–water partition coefficient (Wildman–Crippen LogP) is 5.80. The van der Waals surface area contributed by atoms with Gasteiger partial charge in [0.05, 0.1) is 6.61 Å². The van der Waals surface area contributed by atoms with Crippen molar-refractivity contribution in [2.45, 2.75) is 72.1 Å². The van der Waals surface area contributed by atoms with E-state index >= 15 is 0 Å². The van der Waals surface area contributed by atoms with Gasteiger partial charge in [-0.2, -0.15) is 0 Å². The summed E-state index contributed by atoms with van der Waals surface area (Å²) in [7, 11) is 0. The van der Waals surface area contributed by atoms with Crippen LogP contribution in [0.25, 0.3) is 0 Å². The molecule has 0 aliphatic carbocycles. The van der Waals surface area contributed by atoms with Gasteiger partial charge in [-0.3, -0.25) is 4.79 Å². The molecule has 0 aliphatic rings. The molecule has 1 amide bonds. The van der Waals surface area contributed by atoms with Crippen LogP contribution in [0.3, 0.4) is 0 Å². The van der Waals surface area contributed by atoms with Crippen LogP contribution in [0, 0.1) is 5.92 Å². The Balaban J connectivity index is 2.40. The maximum Gasteiger partial charge on any atom is 0.221 e. The maximum atomic E-state index is 11.0. The molecule has 1 atom stereocenters. The zero-order valence-corrected chi connectivity index (χ0v) is 15.1. The average Bonchev–Trinajstić information content (AvgIpc) is 2.54. The van der Waals surface area contributed by atoms with Crippen molar-refractivity contribution in [1.29, 1.82) is 0 Å². The Kier molecular flexibility index (Phi) is 10.2. The molecule has 1 unspecified atom stereocenters. The second-order valence-electron chi connectivity index (χ2n) is 6.37. The Labute approximate surface area is 141 Å². The number of amides is 1. The van der Waals surface area contributed by atoms with Gasteiger partial charge in [-0.15, -0.1) is 0 Å². The van der Waals surface area contributed by atoms with Crippen LogP contribution >= 0.6 is 0 Å². The summed E-state index contributed by atoms with van der Waals surface area (Å²) in [5, 5.41) is 2.77. The molecule has 0 saturated carbocycles. The van der Waals surface area contributed by atoms with Gasteiger partial charge in [-0.25, -0.2) is 0 Å². The van der Waals surface area contributed by atoms with Crippen LogP contribution in [0.15, 0.2) is 24.3 Å². The summed E-state index contributed by atoms with van der Waals surface area (Å²) in [5.74, 6) is 1.49. The van der Waals surface area contributed by atoms with Crippen molar-refractivity contribution in [2.24, 2.45) is 5.92 Å². The fourth-order valence-corrected chi connectivity index (χ4v) is 2.72. The number of carbonyl (C=O) groups excluding carboxylic acids is 1. The molecule has 1 rings (SSSR count). The molecule has 0 aromatic heterocycles. The van der Waals surface area contributed by atoms with Crippen LogP contribution in [0.5, 0.6) is 5.75 Å². The predicted molar refractivity (Wildman–Crippen MR) is 98.0 cm³/mol. The lowest BCUT2D eigenvalue weighted by atomic mass is 9.96. The molecular formula is C20H33NO2. The van der Waals surface area contributed by atoms with Gasteiger partial charge in [-0.1, -0.05) is 52.4 Å². The highest BCUT2D eigenvalue weighted by molar-refractivity contribution is 5.88. The van der Waals surface area contributed by atoms with Gasteiger partial charge in [0, 0.05) is 12.6 Å². The highest BCUT2D eigenvalue weighted by Gasteiger charge is 2.09. The minimum absolute atomic E-state index is 0.0506. The summed E-state index contributed by atoms with van der Waals surface area (Å²) < 4.78 is 5.97. The fraction of sp³-hybridized carbons (Fsp3) is 0.650. The number of ether oxygens (including phenoxy) is 1. The van der Waals surface area contributed by atoms with Crippen LogP contribution < -0.4 is 10.1 Å². The monoisotopic (exact) mass is 319 g/mol. The first-order valence-corrected chi connectivity index (χ1v) is 9.16. The molecule has 0 spiro atoms. The first-order chi connectivity index (χ1) is 11.2. The maximum absolute atomic E-state index is 11.0. The molecule has 0 saturated heterocycles. The molecule has 0 bridgehead atoms. The first-order valence-electron chi connectivity index (χ1n) is 9.16. The average molecular weight is 319 g/mol. The minimum Gasteiger partial charge on any atom is -0.493 e.